The molecule has 0 spiro atoms. The van der Waals surface area contributed by atoms with Crippen molar-refractivity contribution in [1.82, 2.24) is 4.98 Å². The van der Waals surface area contributed by atoms with E-state index in [4.69, 9.17) is 5.73 Å². The summed E-state index contributed by atoms with van der Waals surface area (Å²) < 4.78 is 13.4. The van der Waals surface area contributed by atoms with Crippen molar-refractivity contribution in [3.8, 4) is 0 Å². The zero-order chi connectivity index (χ0) is 12.3. The summed E-state index contributed by atoms with van der Waals surface area (Å²) >= 11 is 0. The molecule has 1 aromatic heterocycles. The van der Waals surface area contributed by atoms with Crippen molar-refractivity contribution in [3.63, 3.8) is 0 Å². The van der Waals surface area contributed by atoms with Crippen LogP contribution in [0, 0.1) is 12.7 Å². The second-order valence-corrected chi connectivity index (χ2v) is 4.18. The lowest BCUT2D eigenvalue weighted by Crippen LogP contribution is -2.13. The summed E-state index contributed by atoms with van der Waals surface area (Å²) in [5, 5.41) is 0. The van der Waals surface area contributed by atoms with E-state index < -0.39 is 0 Å². The Morgan fingerprint density at radius 1 is 1.35 bits per heavy atom. The highest BCUT2D eigenvalue weighted by atomic mass is 19.1. The van der Waals surface area contributed by atoms with Gasteiger partial charge in [0, 0.05) is 18.4 Å². The van der Waals surface area contributed by atoms with E-state index in [0.29, 0.717) is 12.0 Å². The molecule has 2 N–H and O–H groups in total. The molecule has 0 amide bonds. The highest BCUT2D eigenvalue weighted by molar-refractivity contribution is 5.27. The zero-order valence-electron chi connectivity index (χ0n) is 9.73. The fourth-order valence-electron chi connectivity index (χ4n) is 1.73. The number of rotatable bonds is 3. The van der Waals surface area contributed by atoms with E-state index in [1.165, 1.54) is 6.07 Å². The van der Waals surface area contributed by atoms with Crippen molar-refractivity contribution < 1.29 is 4.39 Å². The Morgan fingerprint density at radius 3 is 2.82 bits per heavy atom. The second kappa shape index (κ2) is 5.06. The largest absolute Gasteiger partial charge is 0.324 e. The van der Waals surface area contributed by atoms with E-state index in [0.717, 1.165) is 11.1 Å². The third-order valence-electron chi connectivity index (χ3n) is 2.80. The molecule has 0 bridgehead atoms. The van der Waals surface area contributed by atoms with Crippen LogP contribution in [0.25, 0.3) is 0 Å². The van der Waals surface area contributed by atoms with Gasteiger partial charge >= 0.3 is 0 Å². The molecule has 3 heteroatoms. The Bertz CT molecular complexity index is 497. The Hall–Kier alpha value is -1.74. The van der Waals surface area contributed by atoms with Crippen LogP contribution >= 0.6 is 0 Å². The van der Waals surface area contributed by atoms with Gasteiger partial charge in [-0.2, -0.15) is 0 Å². The number of aryl methyl sites for hydroxylation is 1. The molecule has 0 aliphatic carbocycles. The van der Waals surface area contributed by atoms with Crippen molar-refractivity contribution in [2.45, 2.75) is 19.4 Å². The Kier molecular flexibility index (Phi) is 3.49. The first-order chi connectivity index (χ1) is 8.16. The molecule has 0 saturated heterocycles. The lowest BCUT2D eigenvalue weighted by Gasteiger charge is -2.12. The van der Waals surface area contributed by atoms with Gasteiger partial charge in [0.15, 0.2) is 0 Å². The van der Waals surface area contributed by atoms with E-state index in [1.54, 1.807) is 25.4 Å². The van der Waals surface area contributed by atoms with E-state index >= 15 is 0 Å². The van der Waals surface area contributed by atoms with Gasteiger partial charge in [-0.25, -0.2) is 4.39 Å². The van der Waals surface area contributed by atoms with Crippen LogP contribution in [0.4, 0.5) is 4.39 Å². The number of benzene rings is 1. The molecule has 1 atom stereocenters. The van der Waals surface area contributed by atoms with Gasteiger partial charge in [0.25, 0.3) is 0 Å². The minimum Gasteiger partial charge on any atom is -0.324 e. The van der Waals surface area contributed by atoms with E-state index in [9.17, 15) is 4.39 Å². The number of nitrogens with two attached hydrogens (primary N) is 1. The van der Waals surface area contributed by atoms with E-state index in [2.05, 4.69) is 4.98 Å². The van der Waals surface area contributed by atoms with Crippen LogP contribution in [0.1, 0.15) is 22.7 Å². The maximum absolute atomic E-state index is 13.4. The molecule has 2 nitrogen and oxygen atoms in total. The van der Waals surface area contributed by atoms with Gasteiger partial charge in [-0.05, 0) is 42.2 Å². The molecule has 17 heavy (non-hydrogen) atoms. The summed E-state index contributed by atoms with van der Waals surface area (Å²) in [5.41, 5.74) is 8.57. The fourth-order valence-corrected chi connectivity index (χ4v) is 1.73. The molecule has 0 aliphatic rings. The van der Waals surface area contributed by atoms with Crippen LogP contribution in [-0.4, -0.2) is 4.98 Å². The SMILES string of the molecule is Cc1ccc(C(N)Cc2cccnc2)cc1F. The van der Waals surface area contributed by atoms with Crippen molar-refractivity contribution >= 4 is 0 Å². The minimum absolute atomic E-state index is 0.200. The van der Waals surface area contributed by atoms with Gasteiger partial charge in [0.2, 0.25) is 0 Å². The van der Waals surface area contributed by atoms with Gasteiger partial charge in [0.1, 0.15) is 5.82 Å². The topological polar surface area (TPSA) is 38.9 Å². The lowest BCUT2D eigenvalue weighted by atomic mass is 9.99. The van der Waals surface area contributed by atoms with E-state index in [-0.39, 0.29) is 11.9 Å². The summed E-state index contributed by atoms with van der Waals surface area (Å²) in [6.07, 6.45) is 4.17. The van der Waals surface area contributed by atoms with Crippen molar-refractivity contribution in [2.24, 2.45) is 5.73 Å². The van der Waals surface area contributed by atoms with E-state index in [1.807, 2.05) is 18.2 Å². The standard InChI is InChI=1S/C14H15FN2/c1-10-4-5-12(8-13(10)15)14(16)7-11-3-2-6-17-9-11/h2-6,8-9,14H,7,16H2,1H3. The number of hydrogen-bond acceptors (Lipinski definition) is 2. The Balaban J connectivity index is 2.14. The average molecular weight is 230 g/mol. The highest BCUT2D eigenvalue weighted by Gasteiger charge is 2.09. The summed E-state index contributed by atoms with van der Waals surface area (Å²) in [6, 6.07) is 8.79. The van der Waals surface area contributed by atoms with Crippen molar-refractivity contribution in [3.05, 3.63) is 65.2 Å². The molecule has 0 saturated carbocycles. The molecule has 1 unspecified atom stereocenters. The maximum atomic E-state index is 13.4. The van der Waals surface area contributed by atoms with Crippen LogP contribution in [0.3, 0.4) is 0 Å². The van der Waals surface area contributed by atoms with Gasteiger partial charge in [0.05, 0.1) is 0 Å². The second-order valence-electron chi connectivity index (χ2n) is 4.18. The molecule has 2 rings (SSSR count). The maximum Gasteiger partial charge on any atom is 0.126 e. The van der Waals surface area contributed by atoms with Crippen LogP contribution in [0.15, 0.2) is 42.7 Å². The van der Waals surface area contributed by atoms with Crippen LogP contribution in [0.5, 0.6) is 0 Å². The Labute approximate surface area is 100 Å². The normalized spacial score (nSPS) is 12.4. The van der Waals surface area contributed by atoms with Crippen LogP contribution in [-0.2, 0) is 6.42 Å². The molecule has 0 fully saturated rings. The number of hydrogen-bond donors (Lipinski definition) is 1. The van der Waals surface area contributed by atoms with Crippen LogP contribution in [0.2, 0.25) is 0 Å². The average Bonchev–Trinajstić information content (AvgIpc) is 2.34. The molecule has 1 aromatic carbocycles. The fraction of sp³-hybridized carbons (Fsp3) is 0.214. The first-order valence-electron chi connectivity index (χ1n) is 5.57. The molecular formula is C14H15FN2. The number of aromatic nitrogens is 1. The summed E-state index contributed by atoms with van der Waals surface area (Å²) in [5.74, 6) is -0.205. The highest BCUT2D eigenvalue weighted by Crippen LogP contribution is 2.18. The third-order valence-corrected chi connectivity index (χ3v) is 2.80. The number of nitrogens with zero attached hydrogens (tertiary/aromatic N) is 1. The molecule has 2 aromatic rings. The molecule has 1 heterocycles. The van der Waals surface area contributed by atoms with Crippen molar-refractivity contribution in [1.29, 1.82) is 0 Å². The van der Waals surface area contributed by atoms with Gasteiger partial charge in [-0.3, -0.25) is 4.98 Å². The zero-order valence-corrected chi connectivity index (χ0v) is 9.73. The lowest BCUT2D eigenvalue weighted by molar-refractivity contribution is 0.609. The van der Waals surface area contributed by atoms with Gasteiger partial charge in [-0.1, -0.05) is 18.2 Å². The van der Waals surface area contributed by atoms with Crippen LogP contribution < -0.4 is 5.73 Å². The summed E-state index contributed by atoms with van der Waals surface area (Å²) in [6.45, 7) is 1.74. The quantitative estimate of drug-likeness (QED) is 0.880. The minimum atomic E-state index is -0.205. The predicted molar refractivity (Wildman–Crippen MR) is 66.0 cm³/mol. The first-order valence-corrected chi connectivity index (χ1v) is 5.57. The molecular weight excluding hydrogens is 215 g/mol. The monoisotopic (exact) mass is 230 g/mol. The molecule has 0 aliphatic heterocycles. The van der Waals surface area contributed by atoms with Gasteiger partial charge in [-0.15, -0.1) is 0 Å². The summed E-state index contributed by atoms with van der Waals surface area (Å²) in [7, 11) is 0. The predicted octanol–water partition coefficient (Wildman–Crippen LogP) is 2.77. The summed E-state index contributed by atoms with van der Waals surface area (Å²) in [4.78, 5) is 4.03. The molecule has 88 valence electrons. The van der Waals surface area contributed by atoms with Gasteiger partial charge < -0.3 is 5.73 Å². The third kappa shape index (κ3) is 2.88. The number of halogens is 1. The Morgan fingerprint density at radius 2 is 2.18 bits per heavy atom. The smallest absolute Gasteiger partial charge is 0.126 e. The number of pyridine rings is 1. The van der Waals surface area contributed by atoms with Crippen molar-refractivity contribution in [2.75, 3.05) is 0 Å². The molecule has 0 radical (unpaired) electrons. The first kappa shape index (κ1) is 11.7.